The van der Waals surface area contributed by atoms with Gasteiger partial charge in [0.05, 0.1) is 6.54 Å². The van der Waals surface area contributed by atoms with Gasteiger partial charge in [-0.05, 0) is 45.4 Å². The number of aromatic nitrogens is 3. The zero-order valence-corrected chi connectivity index (χ0v) is 11.0. The highest BCUT2D eigenvalue weighted by Gasteiger charge is 2.56. The van der Waals surface area contributed by atoms with Crippen LogP contribution in [0.3, 0.4) is 0 Å². The Morgan fingerprint density at radius 3 is 2.41 bits per heavy atom. The van der Waals surface area contributed by atoms with Crippen molar-refractivity contribution in [1.82, 2.24) is 14.8 Å². The molecule has 2 N–H and O–H groups in total. The molecule has 2 fully saturated rings. The fourth-order valence-corrected chi connectivity index (χ4v) is 3.61. The van der Waals surface area contributed by atoms with Crippen molar-refractivity contribution >= 4 is 0 Å². The van der Waals surface area contributed by atoms with Gasteiger partial charge in [-0.15, -0.1) is 10.2 Å². The summed E-state index contributed by atoms with van der Waals surface area (Å²) in [5.74, 6) is 4.54. The Morgan fingerprint density at radius 1 is 1.24 bits per heavy atom. The Bertz CT molecular complexity index is 419. The van der Waals surface area contributed by atoms with E-state index in [1.807, 2.05) is 0 Å². The maximum absolute atomic E-state index is 5.77. The molecule has 2 unspecified atom stereocenters. The number of nitrogens with zero attached hydrogens (tertiary/aromatic N) is 3. The molecule has 2 atom stereocenters. The Hall–Kier alpha value is -0.900. The normalized spacial score (nSPS) is 31.6. The minimum Gasteiger partial charge on any atom is -0.324 e. The first-order valence-corrected chi connectivity index (χ1v) is 6.69. The zero-order chi connectivity index (χ0) is 12.2. The van der Waals surface area contributed by atoms with E-state index in [-0.39, 0.29) is 5.54 Å². The zero-order valence-electron chi connectivity index (χ0n) is 11.0. The van der Waals surface area contributed by atoms with E-state index >= 15 is 0 Å². The van der Waals surface area contributed by atoms with Gasteiger partial charge in [0.1, 0.15) is 11.6 Å². The molecule has 0 amide bonds. The molecule has 0 spiro atoms. The van der Waals surface area contributed by atoms with Crippen LogP contribution in [0.1, 0.15) is 57.6 Å². The largest absolute Gasteiger partial charge is 0.324 e. The van der Waals surface area contributed by atoms with Gasteiger partial charge in [0, 0.05) is 11.5 Å². The van der Waals surface area contributed by atoms with Gasteiger partial charge in [0.2, 0.25) is 0 Å². The van der Waals surface area contributed by atoms with Crippen LogP contribution in [0.25, 0.3) is 0 Å². The summed E-state index contributed by atoms with van der Waals surface area (Å²) >= 11 is 0. The lowest BCUT2D eigenvalue weighted by Gasteiger charge is -2.25. The van der Waals surface area contributed by atoms with Crippen LogP contribution < -0.4 is 5.73 Å². The molecule has 3 rings (SSSR count). The first kappa shape index (κ1) is 11.2. The SMILES string of the molecule is CC(C)(C)n1c(CN)nnc1C1C2CCCC21. The molecule has 0 aliphatic heterocycles. The van der Waals surface area contributed by atoms with Crippen molar-refractivity contribution in [2.75, 3.05) is 0 Å². The summed E-state index contributed by atoms with van der Waals surface area (Å²) < 4.78 is 2.27. The molecule has 2 saturated carbocycles. The second kappa shape index (κ2) is 3.55. The summed E-state index contributed by atoms with van der Waals surface area (Å²) in [5, 5.41) is 8.71. The van der Waals surface area contributed by atoms with Crippen LogP contribution in [-0.2, 0) is 12.1 Å². The van der Waals surface area contributed by atoms with E-state index in [9.17, 15) is 0 Å². The quantitative estimate of drug-likeness (QED) is 0.851. The van der Waals surface area contributed by atoms with Crippen LogP contribution in [0.4, 0.5) is 0 Å². The van der Waals surface area contributed by atoms with Crippen LogP contribution >= 0.6 is 0 Å². The molecule has 0 radical (unpaired) electrons. The lowest BCUT2D eigenvalue weighted by Crippen LogP contribution is -2.27. The highest BCUT2D eigenvalue weighted by atomic mass is 15.3. The molecule has 1 heterocycles. The van der Waals surface area contributed by atoms with Crippen molar-refractivity contribution in [1.29, 1.82) is 0 Å². The molecule has 94 valence electrons. The fraction of sp³-hybridized carbons (Fsp3) is 0.846. The number of hydrogen-bond donors (Lipinski definition) is 1. The Kier molecular flexibility index (Phi) is 2.34. The third-order valence-corrected chi connectivity index (χ3v) is 4.31. The van der Waals surface area contributed by atoms with E-state index in [1.165, 1.54) is 25.1 Å². The van der Waals surface area contributed by atoms with Gasteiger partial charge in [-0.1, -0.05) is 6.42 Å². The van der Waals surface area contributed by atoms with E-state index in [2.05, 4.69) is 35.5 Å². The minimum absolute atomic E-state index is 0.0322. The maximum atomic E-state index is 5.77. The summed E-state index contributed by atoms with van der Waals surface area (Å²) in [7, 11) is 0. The number of hydrogen-bond acceptors (Lipinski definition) is 3. The molecule has 2 aliphatic rings. The number of rotatable bonds is 2. The molecule has 4 nitrogen and oxygen atoms in total. The summed E-state index contributed by atoms with van der Waals surface area (Å²) in [5.41, 5.74) is 5.81. The van der Waals surface area contributed by atoms with E-state index in [4.69, 9.17) is 5.73 Å². The first-order chi connectivity index (χ1) is 8.04. The van der Waals surface area contributed by atoms with Crippen LogP contribution in [-0.4, -0.2) is 14.8 Å². The van der Waals surface area contributed by atoms with Gasteiger partial charge in [0.15, 0.2) is 0 Å². The topological polar surface area (TPSA) is 56.7 Å². The Balaban J connectivity index is 1.98. The molecular formula is C13H22N4. The van der Waals surface area contributed by atoms with E-state index in [0.29, 0.717) is 12.5 Å². The first-order valence-electron chi connectivity index (χ1n) is 6.69. The molecule has 0 saturated heterocycles. The van der Waals surface area contributed by atoms with Crippen LogP contribution in [0.2, 0.25) is 0 Å². The number of nitrogens with two attached hydrogens (primary N) is 1. The fourth-order valence-electron chi connectivity index (χ4n) is 3.61. The van der Waals surface area contributed by atoms with E-state index in [1.54, 1.807) is 0 Å². The predicted molar refractivity (Wildman–Crippen MR) is 66.5 cm³/mol. The van der Waals surface area contributed by atoms with Gasteiger partial charge < -0.3 is 10.3 Å². The van der Waals surface area contributed by atoms with E-state index in [0.717, 1.165) is 17.7 Å². The van der Waals surface area contributed by atoms with Gasteiger partial charge in [0.25, 0.3) is 0 Å². The van der Waals surface area contributed by atoms with Gasteiger partial charge in [-0.25, -0.2) is 0 Å². The predicted octanol–water partition coefficient (Wildman–Crippen LogP) is 2.01. The highest BCUT2D eigenvalue weighted by molar-refractivity contribution is 5.20. The van der Waals surface area contributed by atoms with Gasteiger partial charge in [-0.2, -0.15) is 0 Å². The molecule has 4 heteroatoms. The van der Waals surface area contributed by atoms with Crippen molar-refractivity contribution in [2.45, 2.75) is 58.0 Å². The highest BCUT2D eigenvalue weighted by Crippen LogP contribution is 2.62. The monoisotopic (exact) mass is 234 g/mol. The molecule has 1 aromatic heterocycles. The molecular weight excluding hydrogens is 212 g/mol. The summed E-state index contributed by atoms with van der Waals surface area (Å²) in [6.07, 6.45) is 4.16. The van der Waals surface area contributed by atoms with Crippen molar-refractivity contribution in [3.8, 4) is 0 Å². The van der Waals surface area contributed by atoms with Crippen molar-refractivity contribution in [3.05, 3.63) is 11.6 Å². The Morgan fingerprint density at radius 2 is 1.88 bits per heavy atom. The second-order valence-electron chi connectivity index (χ2n) is 6.47. The van der Waals surface area contributed by atoms with Crippen LogP contribution in [0.5, 0.6) is 0 Å². The number of fused-ring (bicyclic) bond motifs is 1. The maximum Gasteiger partial charge on any atom is 0.147 e. The molecule has 17 heavy (non-hydrogen) atoms. The lowest BCUT2D eigenvalue weighted by atomic mass is 10.1. The average Bonchev–Trinajstić information content (AvgIpc) is 2.72. The van der Waals surface area contributed by atoms with E-state index < -0.39 is 0 Å². The van der Waals surface area contributed by atoms with Crippen molar-refractivity contribution in [2.24, 2.45) is 17.6 Å². The minimum atomic E-state index is 0.0322. The third-order valence-electron chi connectivity index (χ3n) is 4.31. The van der Waals surface area contributed by atoms with Gasteiger partial charge >= 0.3 is 0 Å². The smallest absolute Gasteiger partial charge is 0.147 e. The summed E-state index contributed by atoms with van der Waals surface area (Å²) in [6, 6.07) is 0. The van der Waals surface area contributed by atoms with Gasteiger partial charge in [-0.3, -0.25) is 0 Å². The standard InChI is InChI=1S/C13H22N4/c1-13(2,3)17-10(7-14)15-16-12(17)11-8-5-4-6-9(8)11/h8-9,11H,4-7,14H2,1-3H3. The van der Waals surface area contributed by atoms with Crippen molar-refractivity contribution in [3.63, 3.8) is 0 Å². The van der Waals surface area contributed by atoms with Crippen LogP contribution in [0, 0.1) is 11.8 Å². The molecule has 2 aliphatic carbocycles. The Labute approximate surface area is 103 Å². The summed E-state index contributed by atoms with van der Waals surface area (Å²) in [4.78, 5) is 0. The third kappa shape index (κ3) is 1.61. The molecule has 1 aromatic rings. The van der Waals surface area contributed by atoms with Crippen LogP contribution in [0.15, 0.2) is 0 Å². The molecule has 0 aromatic carbocycles. The summed E-state index contributed by atoms with van der Waals surface area (Å²) in [6.45, 7) is 7.10. The molecule has 0 bridgehead atoms. The lowest BCUT2D eigenvalue weighted by molar-refractivity contribution is 0.365. The second-order valence-corrected chi connectivity index (χ2v) is 6.47. The average molecular weight is 234 g/mol. The van der Waals surface area contributed by atoms with Crippen molar-refractivity contribution < 1.29 is 0 Å².